The van der Waals surface area contributed by atoms with Crippen LogP contribution < -0.4 is 5.32 Å². The molecule has 2 aromatic rings. The fourth-order valence-electron chi connectivity index (χ4n) is 3.07. The van der Waals surface area contributed by atoms with Crippen LogP contribution in [0.2, 0.25) is 0 Å². The monoisotopic (exact) mass is 300 g/mol. The molecule has 22 heavy (non-hydrogen) atoms. The normalized spacial score (nSPS) is 14.9. The molecule has 0 fully saturated rings. The molecular weight excluding hydrogens is 276 g/mol. The zero-order chi connectivity index (χ0) is 15.5. The number of likely N-dealkylation sites (N-methyl/N-ethyl adjacent to an activating group) is 1. The molecule has 4 heteroatoms. The van der Waals surface area contributed by atoms with Crippen molar-refractivity contribution in [3.05, 3.63) is 29.5 Å². The third-order valence-electron chi connectivity index (χ3n) is 4.44. The molecule has 1 heterocycles. The number of furan rings is 1. The molecular formula is C18H24N2O2. The second-order valence-corrected chi connectivity index (χ2v) is 6.15. The molecule has 1 aliphatic carbocycles. The lowest BCUT2D eigenvalue weighted by atomic mass is 10.1. The fourth-order valence-corrected chi connectivity index (χ4v) is 3.07. The first-order chi connectivity index (χ1) is 10.7. The Morgan fingerprint density at radius 2 is 2.09 bits per heavy atom. The van der Waals surface area contributed by atoms with Gasteiger partial charge in [-0.05, 0) is 51.1 Å². The molecule has 0 spiro atoms. The minimum absolute atomic E-state index is 0.0262. The number of nitrogens with one attached hydrogen (secondary N) is 1. The van der Waals surface area contributed by atoms with Crippen LogP contribution in [-0.2, 0) is 17.6 Å². The molecule has 118 valence electrons. The number of carbonyl (C=O) groups is 1. The topological polar surface area (TPSA) is 45.5 Å². The number of anilines is 1. The molecule has 0 bridgehead atoms. The predicted molar refractivity (Wildman–Crippen MR) is 89.3 cm³/mol. The van der Waals surface area contributed by atoms with Crippen molar-refractivity contribution < 1.29 is 9.21 Å². The van der Waals surface area contributed by atoms with Crippen molar-refractivity contribution in [1.29, 1.82) is 0 Å². The molecule has 1 amide bonds. The molecule has 1 N–H and O–H groups in total. The van der Waals surface area contributed by atoms with Crippen LogP contribution in [-0.4, -0.2) is 30.9 Å². The third kappa shape index (κ3) is 3.17. The zero-order valence-corrected chi connectivity index (χ0v) is 13.4. The highest BCUT2D eigenvalue weighted by molar-refractivity contribution is 5.95. The maximum absolute atomic E-state index is 12.0. The molecule has 1 aromatic carbocycles. The zero-order valence-electron chi connectivity index (χ0n) is 13.4. The van der Waals surface area contributed by atoms with Gasteiger partial charge in [-0.15, -0.1) is 0 Å². The first-order valence-electron chi connectivity index (χ1n) is 8.20. The van der Waals surface area contributed by atoms with Crippen molar-refractivity contribution in [1.82, 2.24) is 4.90 Å². The molecule has 1 aromatic heterocycles. The fraction of sp³-hybridized carbons (Fsp3) is 0.500. The second-order valence-electron chi connectivity index (χ2n) is 6.15. The number of hydrogen-bond acceptors (Lipinski definition) is 3. The third-order valence-corrected chi connectivity index (χ3v) is 4.44. The Labute approximate surface area is 131 Å². The Kier molecular flexibility index (Phi) is 4.48. The summed E-state index contributed by atoms with van der Waals surface area (Å²) in [7, 11) is 1.94. The number of amides is 1. The average Bonchev–Trinajstić information content (AvgIpc) is 2.68. The summed E-state index contributed by atoms with van der Waals surface area (Å²) in [5, 5.41) is 4.15. The summed E-state index contributed by atoms with van der Waals surface area (Å²) in [4.78, 5) is 14.0. The smallest absolute Gasteiger partial charge is 0.238 e. The van der Waals surface area contributed by atoms with Gasteiger partial charge in [-0.1, -0.05) is 13.3 Å². The molecule has 3 rings (SSSR count). The van der Waals surface area contributed by atoms with Crippen molar-refractivity contribution in [2.45, 2.75) is 39.0 Å². The van der Waals surface area contributed by atoms with Crippen LogP contribution in [0.3, 0.4) is 0 Å². The SMILES string of the molecule is CCN(C)CC(=O)Nc1ccc2oc3c(c2c1)CCCCC3. The second kappa shape index (κ2) is 6.53. The van der Waals surface area contributed by atoms with E-state index >= 15 is 0 Å². The quantitative estimate of drug-likeness (QED) is 0.878. The highest BCUT2D eigenvalue weighted by Gasteiger charge is 2.17. The summed E-state index contributed by atoms with van der Waals surface area (Å²) in [6.07, 6.45) is 5.82. The van der Waals surface area contributed by atoms with Crippen LogP contribution in [0.5, 0.6) is 0 Å². The van der Waals surface area contributed by atoms with Crippen LogP contribution in [0, 0.1) is 0 Å². The lowest BCUT2D eigenvalue weighted by Crippen LogP contribution is -2.29. The van der Waals surface area contributed by atoms with Crippen molar-refractivity contribution >= 4 is 22.6 Å². The highest BCUT2D eigenvalue weighted by Crippen LogP contribution is 2.32. The minimum atomic E-state index is 0.0262. The van der Waals surface area contributed by atoms with E-state index in [0.717, 1.165) is 36.4 Å². The molecule has 0 saturated heterocycles. The lowest BCUT2D eigenvalue weighted by Gasteiger charge is -2.13. The Balaban J connectivity index is 1.83. The van der Waals surface area contributed by atoms with E-state index in [1.165, 1.54) is 30.2 Å². The summed E-state index contributed by atoms with van der Waals surface area (Å²) < 4.78 is 5.99. The number of aryl methyl sites for hydroxylation is 2. The van der Waals surface area contributed by atoms with E-state index in [-0.39, 0.29) is 5.91 Å². The molecule has 0 atom stereocenters. The maximum atomic E-state index is 12.0. The van der Waals surface area contributed by atoms with Crippen LogP contribution in [0.1, 0.15) is 37.5 Å². The summed E-state index contributed by atoms with van der Waals surface area (Å²) in [6.45, 7) is 3.32. The first kappa shape index (κ1) is 15.1. The molecule has 0 radical (unpaired) electrons. The molecule has 0 aliphatic heterocycles. The Morgan fingerprint density at radius 3 is 2.91 bits per heavy atom. The molecule has 4 nitrogen and oxygen atoms in total. The van der Waals surface area contributed by atoms with Gasteiger partial charge < -0.3 is 9.73 Å². The van der Waals surface area contributed by atoms with Gasteiger partial charge in [0.05, 0.1) is 6.54 Å². The van der Waals surface area contributed by atoms with Gasteiger partial charge in [0.15, 0.2) is 0 Å². The van der Waals surface area contributed by atoms with Crippen molar-refractivity contribution in [3.8, 4) is 0 Å². The van der Waals surface area contributed by atoms with Crippen LogP contribution in [0.25, 0.3) is 11.0 Å². The number of benzene rings is 1. The van der Waals surface area contributed by atoms with Crippen LogP contribution in [0.15, 0.2) is 22.6 Å². The lowest BCUT2D eigenvalue weighted by molar-refractivity contribution is -0.117. The summed E-state index contributed by atoms with van der Waals surface area (Å²) in [5.74, 6) is 1.17. The predicted octanol–water partition coefficient (Wildman–Crippen LogP) is 3.59. The van der Waals surface area contributed by atoms with Crippen LogP contribution >= 0.6 is 0 Å². The van der Waals surface area contributed by atoms with E-state index in [1.54, 1.807) is 0 Å². The van der Waals surface area contributed by atoms with Crippen molar-refractivity contribution in [2.75, 3.05) is 25.5 Å². The highest BCUT2D eigenvalue weighted by atomic mass is 16.3. The molecule has 1 aliphatic rings. The Hall–Kier alpha value is -1.81. The van der Waals surface area contributed by atoms with Gasteiger partial charge in [0.2, 0.25) is 5.91 Å². The van der Waals surface area contributed by atoms with Gasteiger partial charge in [-0.3, -0.25) is 9.69 Å². The largest absolute Gasteiger partial charge is 0.461 e. The maximum Gasteiger partial charge on any atom is 0.238 e. The van der Waals surface area contributed by atoms with Crippen molar-refractivity contribution in [3.63, 3.8) is 0 Å². The van der Waals surface area contributed by atoms with E-state index < -0.39 is 0 Å². The van der Waals surface area contributed by atoms with E-state index in [2.05, 4.69) is 11.4 Å². The van der Waals surface area contributed by atoms with E-state index in [1.807, 2.05) is 31.0 Å². The summed E-state index contributed by atoms with van der Waals surface area (Å²) >= 11 is 0. The molecule has 0 unspecified atom stereocenters. The number of carbonyl (C=O) groups excluding carboxylic acids is 1. The number of fused-ring (bicyclic) bond motifs is 3. The van der Waals surface area contributed by atoms with Gasteiger partial charge in [-0.2, -0.15) is 0 Å². The van der Waals surface area contributed by atoms with E-state index in [9.17, 15) is 4.79 Å². The van der Waals surface area contributed by atoms with E-state index in [4.69, 9.17) is 4.42 Å². The van der Waals surface area contributed by atoms with Gasteiger partial charge in [0, 0.05) is 23.1 Å². The van der Waals surface area contributed by atoms with Gasteiger partial charge in [0.25, 0.3) is 0 Å². The van der Waals surface area contributed by atoms with Gasteiger partial charge in [0.1, 0.15) is 11.3 Å². The average molecular weight is 300 g/mol. The van der Waals surface area contributed by atoms with Gasteiger partial charge >= 0.3 is 0 Å². The van der Waals surface area contributed by atoms with Crippen LogP contribution in [0.4, 0.5) is 5.69 Å². The summed E-state index contributed by atoms with van der Waals surface area (Å²) in [5.41, 5.74) is 3.14. The van der Waals surface area contributed by atoms with Crippen molar-refractivity contribution in [2.24, 2.45) is 0 Å². The Bertz CT molecular complexity index is 675. The van der Waals surface area contributed by atoms with E-state index in [0.29, 0.717) is 6.54 Å². The summed E-state index contributed by atoms with van der Waals surface area (Å²) in [6, 6.07) is 5.96. The van der Waals surface area contributed by atoms with Gasteiger partial charge in [-0.25, -0.2) is 0 Å². The Morgan fingerprint density at radius 1 is 1.27 bits per heavy atom. The first-order valence-corrected chi connectivity index (χ1v) is 8.20. The minimum Gasteiger partial charge on any atom is -0.461 e. The molecule has 0 saturated carbocycles. The number of rotatable bonds is 4. The standard InChI is InChI=1S/C18H24N2O2/c1-3-20(2)12-18(21)19-13-9-10-17-15(11-13)14-7-5-4-6-8-16(14)22-17/h9-11H,3-8,12H2,1-2H3,(H,19,21). The number of hydrogen-bond donors (Lipinski definition) is 1. The number of nitrogens with zero attached hydrogens (tertiary/aromatic N) is 1.